The van der Waals surface area contributed by atoms with Gasteiger partial charge in [-0.2, -0.15) is 0 Å². The second kappa shape index (κ2) is 7.97. The molecule has 0 saturated heterocycles. The number of halogens is 1. The number of nitrogens with zero attached hydrogens (tertiary/aromatic N) is 1. The van der Waals surface area contributed by atoms with Crippen LogP contribution in [0, 0.1) is 5.82 Å². The first-order valence-corrected chi connectivity index (χ1v) is 8.58. The molecule has 0 saturated carbocycles. The Bertz CT molecular complexity index is 925. The van der Waals surface area contributed by atoms with E-state index < -0.39 is 11.8 Å². The number of para-hydroxylation sites is 1. The van der Waals surface area contributed by atoms with Crippen molar-refractivity contribution in [1.82, 2.24) is 4.98 Å². The van der Waals surface area contributed by atoms with Crippen LogP contribution < -0.4 is 9.47 Å². The number of esters is 1. The largest absolute Gasteiger partial charge is 0.493 e. The topological polar surface area (TPSA) is 57.7 Å². The van der Waals surface area contributed by atoms with E-state index in [2.05, 4.69) is 4.98 Å². The van der Waals surface area contributed by atoms with Crippen LogP contribution in [-0.2, 0) is 11.3 Å². The normalized spacial score (nSPS) is 10.4. The van der Waals surface area contributed by atoms with Crippen molar-refractivity contribution in [3.05, 3.63) is 64.9 Å². The van der Waals surface area contributed by atoms with Crippen LogP contribution in [-0.4, -0.2) is 25.2 Å². The molecule has 0 atom stereocenters. The highest BCUT2D eigenvalue weighted by Gasteiger charge is 2.15. The molecule has 0 unspecified atom stereocenters. The molecule has 7 heteroatoms. The minimum Gasteiger partial charge on any atom is -0.493 e. The maximum absolute atomic E-state index is 13.2. The van der Waals surface area contributed by atoms with E-state index in [1.165, 1.54) is 29.5 Å². The van der Waals surface area contributed by atoms with Gasteiger partial charge in [-0.15, -0.1) is 11.3 Å². The number of ether oxygens (including phenoxy) is 3. The van der Waals surface area contributed by atoms with Crippen molar-refractivity contribution in [2.75, 3.05) is 14.2 Å². The molecule has 26 heavy (non-hydrogen) atoms. The number of hydrogen-bond acceptors (Lipinski definition) is 6. The standard InChI is InChI=1S/C19H16FNO4S/c1-23-16-8-4-7-15(17(16)24-2)18-21-14(11-26-18)10-25-19(22)12-5-3-6-13(20)9-12/h3-9,11H,10H2,1-2H3. The predicted octanol–water partition coefficient (Wildman–Crippen LogP) is 4.32. The molecule has 0 fully saturated rings. The highest BCUT2D eigenvalue weighted by molar-refractivity contribution is 7.13. The Morgan fingerprint density at radius 2 is 1.96 bits per heavy atom. The molecule has 5 nitrogen and oxygen atoms in total. The monoisotopic (exact) mass is 373 g/mol. The van der Waals surface area contributed by atoms with Gasteiger partial charge in [-0.3, -0.25) is 0 Å². The zero-order chi connectivity index (χ0) is 18.5. The fourth-order valence-electron chi connectivity index (χ4n) is 2.39. The smallest absolute Gasteiger partial charge is 0.338 e. The molecule has 2 aromatic carbocycles. The summed E-state index contributed by atoms with van der Waals surface area (Å²) in [6, 6.07) is 10.9. The van der Waals surface area contributed by atoms with Gasteiger partial charge in [-0.1, -0.05) is 12.1 Å². The molecule has 0 amide bonds. The van der Waals surface area contributed by atoms with E-state index in [4.69, 9.17) is 14.2 Å². The molecule has 0 aliphatic rings. The van der Waals surface area contributed by atoms with Crippen molar-refractivity contribution in [3.8, 4) is 22.1 Å². The number of carbonyl (C=O) groups is 1. The maximum atomic E-state index is 13.2. The molecule has 0 bridgehead atoms. The van der Waals surface area contributed by atoms with Gasteiger partial charge in [-0.25, -0.2) is 14.2 Å². The Labute approximate surface area is 154 Å². The Balaban J connectivity index is 1.74. The zero-order valence-corrected chi connectivity index (χ0v) is 15.0. The van der Waals surface area contributed by atoms with Crippen LogP contribution in [0.3, 0.4) is 0 Å². The lowest BCUT2D eigenvalue weighted by atomic mass is 10.2. The van der Waals surface area contributed by atoms with Gasteiger partial charge in [0.1, 0.15) is 17.4 Å². The molecule has 3 aromatic rings. The zero-order valence-electron chi connectivity index (χ0n) is 14.2. The molecule has 1 heterocycles. The first kappa shape index (κ1) is 17.9. The number of hydrogen-bond donors (Lipinski definition) is 0. The molecule has 0 aliphatic heterocycles. The molecule has 0 radical (unpaired) electrons. The Hall–Kier alpha value is -2.93. The van der Waals surface area contributed by atoms with Crippen molar-refractivity contribution < 1.29 is 23.4 Å². The van der Waals surface area contributed by atoms with Gasteiger partial charge in [0, 0.05) is 5.38 Å². The third kappa shape index (κ3) is 3.83. The molecule has 0 N–H and O–H groups in total. The fraction of sp³-hybridized carbons (Fsp3) is 0.158. The summed E-state index contributed by atoms with van der Waals surface area (Å²) in [6.45, 7) is -0.00185. The molecule has 3 rings (SSSR count). The maximum Gasteiger partial charge on any atom is 0.338 e. The first-order chi connectivity index (χ1) is 12.6. The highest BCUT2D eigenvalue weighted by Crippen LogP contribution is 2.39. The second-order valence-corrected chi connectivity index (χ2v) is 6.13. The summed E-state index contributed by atoms with van der Waals surface area (Å²) in [6.07, 6.45) is 0. The SMILES string of the molecule is COc1cccc(-c2nc(COC(=O)c3cccc(F)c3)cs2)c1OC. The highest BCUT2D eigenvalue weighted by atomic mass is 32.1. The Morgan fingerprint density at radius 1 is 1.15 bits per heavy atom. The lowest BCUT2D eigenvalue weighted by Crippen LogP contribution is -2.05. The van der Waals surface area contributed by atoms with E-state index in [0.717, 1.165) is 16.6 Å². The molecular weight excluding hydrogens is 357 g/mol. The van der Waals surface area contributed by atoms with Crippen molar-refractivity contribution in [3.63, 3.8) is 0 Å². The average molecular weight is 373 g/mol. The van der Waals surface area contributed by atoms with Crippen LogP contribution >= 0.6 is 11.3 Å². The van der Waals surface area contributed by atoms with Crippen LogP contribution in [0.15, 0.2) is 47.8 Å². The molecule has 134 valence electrons. The summed E-state index contributed by atoms with van der Waals surface area (Å²) in [7, 11) is 3.14. The van der Waals surface area contributed by atoms with E-state index in [9.17, 15) is 9.18 Å². The molecule has 1 aromatic heterocycles. The van der Waals surface area contributed by atoms with E-state index >= 15 is 0 Å². The number of rotatable bonds is 6. The minimum absolute atomic E-state index is 0.00185. The molecular formula is C19H16FNO4S. The van der Waals surface area contributed by atoms with E-state index in [1.807, 2.05) is 12.1 Å². The van der Waals surface area contributed by atoms with E-state index in [-0.39, 0.29) is 12.2 Å². The lowest BCUT2D eigenvalue weighted by molar-refractivity contribution is 0.0468. The Morgan fingerprint density at radius 3 is 2.69 bits per heavy atom. The summed E-state index contributed by atoms with van der Waals surface area (Å²) in [4.78, 5) is 16.5. The number of benzene rings is 2. The van der Waals surface area contributed by atoms with Crippen molar-refractivity contribution in [2.24, 2.45) is 0 Å². The summed E-state index contributed by atoms with van der Waals surface area (Å²) in [5.74, 6) is 0.116. The molecule has 0 aliphatic carbocycles. The Kier molecular flexibility index (Phi) is 5.48. The number of methoxy groups -OCH3 is 2. The predicted molar refractivity (Wildman–Crippen MR) is 96.2 cm³/mol. The third-order valence-corrected chi connectivity index (χ3v) is 4.52. The van der Waals surface area contributed by atoms with Gasteiger partial charge < -0.3 is 14.2 Å². The minimum atomic E-state index is -0.599. The van der Waals surface area contributed by atoms with Crippen molar-refractivity contribution >= 4 is 17.3 Å². The average Bonchev–Trinajstić information content (AvgIpc) is 3.14. The van der Waals surface area contributed by atoms with Crippen molar-refractivity contribution in [2.45, 2.75) is 6.61 Å². The van der Waals surface area contributed by atoms with Crippen LogP contribution in [0.5, 0.6) is 11.5 Å². The van der Waals surface area contributed by atoms with Gasteiger partial charge in [-0.05, 0) is 30.3 Å². The van der Waals surface area contributed by atoms with Gasteiger partial charge >= 0.3 is 5.97 Å². The van der Waals surface area contributed by atoms with Gasteiger partial charge in [0.25, 0.3) is 0 Å². The number of carbonyl (C=O) groups excluding carboxylic acids is 1. The molecule has 0 spiro atoms. The van der Waals surface area contributed by atoms with Gasteiger partial charge in [0.2, 0.25) is 0 Å². The van der Waals surface area contributed by atoms with Gasteiger partial charge in [0.15, 0.2) is 11.5 Å². The first-order valence-electron chi connectivity index (χ1n) is 7.71. The second-order valence-electron chi connectivity index (χ2n) is 5.27. The summed E-state index contributed by atoms with van der Waals surface area (Å²) < 4.78 is 29.1. The van der Waals surface area contributed by atoms with Gasteiger partial charge in [0.05, 0.1) is 31.0 Å². The fourth-order valence-corrected chi connectivity index (χ4v) is 3.22. The quantitative estimate of drug-likeness (QED) is 0.602. The number of aromatic nitrogens is 1. The summed E-state index contributed by atoms with van der Waals surface area (Å²) in [5.41, 5.74) is 1.55. The summed E-state index contributed by atoms with van der Waals surface area (Å²) in [5, 5.41) is 2.52. The van der Waals surface area contributed by atoms with E-state index in [1.54, 1.807) is 25.7 Å². The van der Waals surface area contributed by atoms with Crippen LogP contribution in [0.4, 0.5) is 4.39 Å². The third-order valence-electron chi connectivity index (χ3n) is 3.60. The summed E-state index contributed by atoms with van der Waals surface area (Å²) >= 11 is 1.40. The van der Waals surface area contributed by atoms with Crippen LogP contribution in [0.1, 0.15) is 16.1 Å². The van der Waals surface area contributed by atoms with Crippen molar-refractivity contribution in [1.29, 1.82) is 0 Å². The van der Waals surface area contributed by atoms with Crippen LogP contribution in [0.25, 0.3) is 10.6 Å². The number of thiazole rings is 1. The lowest BCUT2D eigenvalue weighted by Gasteiger charge is -2.10. The van der Waals surface area contributed by atoms with E-state index in [0.29, 0.717) is 17.2 Å². The van der Waals surface area contributed by atoms with Crippen LogP contribution in [0.2, 0.25) is 0 Å².